The number of carboxylic acids is 1. The minimum Gasteiger partial charge on any atom is -0.477 e. The molecule has 0 aliphatic heterocycles. The molecule has 0 spiro atoms. The van der Waals surface area contributed by atoms with Crippen molar-refractivity contribution in [1.29, 1.82) is 0 Å². The lowest BCUT2D eigenvalue weighted by Gasteiger charge is -2.22. The highest BCUT2D eigenvalue weighted by Gasteiger charge is 2.20. The molecule has 0 radical (unpaired) electrons. The molecule has 2 atom stereocenters. The van der Waals surface area contributed by atoms with Gasteiger partial charge in [-0.1, -0.05) is 26.2 Å². The number of anilines is 1. The van der Waals surface area contributed by atoms with Crippen molar-refractivity contribution in [2.45, 2.75) is 45.1 Å². The van der Waals surface area contributed by atoms with Gasteiger partial charge in [-0.05, 0) is 24.8 Å². The fraction of sp³-hybridized carbons (Fsp3) is 0.615. The van der Waals surface area contributed by atoms with E-state index < -0.39 is 5.97 Å². The first-order chi connectivity index (χ1) is 8.66. The molecule has 1 heterocycles. The Hall–Kier alpha value is -1.65. The van der Waals surface area contributed by atoms with Gasteiger partial charge in [0.15, 0.2) is 5.69 Å². The molecule has 2 N–H and O–H groups in total. The van der Waals surface area contributed by atoms with Gasteiger partial charge >= 0.3 is 5.97 Å². The highest BCUT2D eigenvalue weighted by molar-refractivity contribution is 5.85. The number of hydrogen-bond donors (Lipinski definition) is 2. The molecule has 1 aromatic heterocycles. The van der Waals surface area contributed by atoms with E-state index in [9.17, 15) is 4.79 Å². The second-order valence-corrected chi connectivity index (χ2v) is 4.94. The zero-order chi connectivity index (χ0) is 13.0. The summed E-state index contributed by atoms with van der Waals surface area (Å²) in [6.07, 6.45) is 7.55. The van der Waals surface area contributed by atoms with Crippen molar-refractivity contribution in [2.24, 2.45) is 5.92 Å². The zero-order valence-corrected chi connectivity index (χ0v) is 10.6. The Morgan fingerprint density at radius 3 is 2.94 bits per heavy atom. The van der Waals surface area contributed by atoms with Crippen molar-refractivity contribution in [1.82, 2.24) is 9.97 Å². The molecule has 0 bridgehead atoms. The van der Waals surface area contributed by atoms with Crippen molar-refractivity contribution in [3.63, 3.8) is 0 Å². The third-order valence-electron chi connectivity index (χ3n) is 3.55. The molecule has 1 aromatic rings. The van der Waals surface area contributed by atoms with Gasteiger partial charge in [-0.3, -0.25) is 0 Å². The van der Waals surface area contributed by atoms with E-state index in [0.717, 1.165) is 6.42 Å². The van der Waals surface area contributed by atoms with Crippen molar-refractivity contribution < 1.29 is 9.90 Å². The second kappa shape index (κ2) is 5.80. The highest BCUT2D eigenvalue weighted by Crippen LogP contribution is 2.24. The lowest BCUT2D eigenvalue weighted by Crippen LogP contribution is -2.27. The van der Waals surface area contributed by atoms with Crippen LogP contribution in [0.4, 0.5) is 5.95 Å². The Balaban J connectivity index is 2.07. The molecular weight excluding hydrogens is 230 g/mol. The van der Waals surface area contributed by atoms with Gasteiger partial charge in [0.2, 0.25) is 5.95 Å². The van der Waals surface area contributed by atoms with Crippen LogP contribution in [0.1, 0.15) is 49.5 Å². The number of rotatable bonds is 3. The van der Waals surface area contributed by atoms with Crippen LogP contribution < -0.4 is 5.32 Å². The maximum atomic E-state index is 10.8. The lowest BCUT2D eigenvalue weighted by molar-refractivity contribution is 0.0690. The minimum atomic E-state index is -1.02. The molecule has 1 fully saturated rings. The van der Waals surface area contributed by atoms with Gasteiger partial charge in [0, 0.05) is 12.2 Å². The molecule has 1 saturated carbocycles. The molecule has 0 saturated heterocycles. The summed E-state index contributed by atoms with van der Waals surface area (Å²) in [6, 6.07) is 1.75. The van der Waals surface area contributed by atoms with Crippen molar-refractivity contribution in [3.05, 3.63) is 18.0 Å². The Kier molecular flexibility index (Phi) is 4.12. The molecule has 2 rings (SSSR count). The minimum absolute atomic E-state index is 0.0359. The van der Waals surface area contributed by atoms with Crippen molar-refractivity contribution in [2.75, 3.05) is 5.32 Å². The van der Waals surface area contributed by atoms with Gasteiger partial charge in [-0.2, -0.15) is 0 Å². The maximum Gasteiger partial charge on any atom is 0.354 e. The molecule has 18 heavy (non-hydrogen) atoms. The Labute approximate surface area is 107 Å². The Morgan fingerprint density at radius 1 is 1.39 bits per heavy atom. The first kappa shape index (κ1) is 12.8. The molecule has 0 amide bonds. The molecule has 1 aliphatic carbocycles. The number of aromatic nitrogens is 2. The average Bonchev–Trinajstić information content (AvgIpc) is 2.55. The average molecular weight is 249 g/mol. The molecule has 98 valence electrons. The van der Waals surface area contributed by atoms with Gasteiger partial charge in [0.25, 0.3) is 0 Å². The molecule has 5 nitrogen and oxygen atoms in total. The summed E-state index contributed by atoms with van der Waals surface area (Å²) < 4.78 is 0. The van der Waals surface area contributed by atoms with E-state index in [1.54, 1.807) is 0 Å². The monoisotopic (exact) mass is 249 g/mol. The fourth-order valence-electron chi connectivity index (χ4n) is 2.42. The van der Waals surface area contributed by atoms with Crippen LogP contribution in [0.25, 0.3) is 0 Å². The summed E-state index contributed by atoms with van der Waals surface area (Å²) in [5.74, 6) is -0.0207. The normalized spacial score (nSPS) is 24.3. The Morgan fingerprint density at radius 2 is 2.17 bits per heavy atom. The lowest BCUT2D eigenvalue weighted by atomic mass is 9.97. The van der Waals surface area contributed by atoms with Crippen molar-refractivity contribution >= 4 is 11.9 Å². The number of carbonyl (C=O) groups is 1. The summed E-state index contributed by atoms with van der Waals surface area (Å²) in [7, 11) is 0. The second-order valence-electron chi connectivity index (χ2n) is 4.94. The van der Waals surface area contributed by atoms with Crippen LogP contribution in [0, 0.1) is 5.92 Å². The number of nitrogens with zero attached hydrogens (tertiary/aromatic N) is 2. The number of hydrogen-bond acceptors (Lipinski definition) is 4. The van der Waals surface area contributed by atoms with Gasteiger partial charge in [0.05, 0.1) is 0 Å². The highest BCUT2D eigenvalue weighted by atomic mass is 16.4. The molecule has 2 unspecified atom stereocenters. The Bertz CT molecular complexity index is 422. The van der Waals surface area contributed by atoms with Crippen LogP contribution in [0.3, 0.4) is 0 Å². The maximum absolute atomic E-state index is 10.8. The quantitative estimate of drug-likeness (QED) is 0.805. The number of nitrogens with one attached hydrogen (secondary N) is 1. The van der Waals surface area contributed by atoms with Crippen LogP contribution in [-0.4, -0.2) is 27.1 Å². The third kappa shape index (κ3) is 3.18. The van der Waals surface area contributed by atoms with Crippen molar-refractivity contribution in [3.8, 4) is 0 Å². The summed E-state index contributed by atoms with van der Waals surface area (Å²) in [5, 5.41) is 12.2. The van der Waals surface area contributed by atoms with Gasteiger partial charge < -0.3 is 10.4 Å². The SMILES string of the molecule is CC1CCCCCC1Nc1nccc(C(=O)O)n1. The van der Waals surface area contributed by atoms with Crippen LogP contribution >= 0.6 is 0 Å². The van der Waals surface area contributed by atoms with E-state index in [0.29, 0.717) is 17.9 Å². The van der Waals surface area contributed by atoms with Gasteiger partial charge in [-0.15, -0.1) is 0 Å². The first-order valence-corrected chi connectivity index (χ1v) is 6.49. The van der Waals surface area contributed by atoms with Crippen LogP contribution in [0.15, 0.2) is 12.3 Å². The molecular formula is C13H19N3O2. The van der Waals surface area contributed by atoms with Crippen LogP contribution in [0.2, 0.25) is 0 Å². The predicted molar refractivity (Wildman–Crippen MR) is 68.7 cm³/mol. The zero-order valence-electron chi connectivity index (χ0n) is 10.6. The topological polar surface area (TPSA) is 75.1 Å². The number of aromatic carboxylic acids is 1. The van der Waals surface area contributed by atoms with Crippen LogP contribution in [-0.2, 0) is 0 Å². The standard InChI is InChI=1S/C13H19N3O2/c1-9-5-3-2-4-6-10(9)15-13-14-8-7-11(16-13)12(17)18/h7-10H,2-6H2,1H3,(H,17,18)(H,14,15,16). The van der Waals surface area contributed by atoms with E-state index in [4.69, 9.17) is 5.11 Å². The number of carboxylic acid groups (broad SMARTS) is 1. The summed E-state index contributed by atoms with van der Waals surface area (Å²) in [4.78, 5) is 19.0. The summed E-state index contributed by atoms with van der Waals surface area (Å²) in [6.45, 7) is 2.23. The van der Waals surface area contributed by atoms with E-state index in [-0.39, 0.29) is 5.69 Å². The predicted octanol–water partition coefficient (Wildman–Crippen LogP) is 2.56. The third-order valence-corrected chi connectivity index (χ3v) is 3.55. The largest absolute Gasteiger partial charge is 0.477 e. The summed E-state index contributed by atoms with van der Waals surface area (Å²) >= 11 is 0. The van der Waals surface area contributed by atoms with E-state index >= 15 is 0 Å². The van der Waals surface area contributed by atoms with E-state index in [2.05, 4.69) is 22.2 Å². The summed E-state index contributed by atoms with van der Waals surface area (Å²) in [5.41, 5.74) is 0.0359. The molecule has 0 aromatic carbocycles. The first-order valence-electron chi connectivity index (χ1n) is 6.49. The fourth-order valence-corrected chi connectivity index (χ4v) is 2.42. The van der Waals surface area contributed by atoms with E-state index in [1.807, 2.05) is 0 Å². The van der Waals surface area contributed by atoms with Gasteiger partial charge in [-0.25, -0.2) is 14.8 Å². The molecule has 1 aliphatic rings. The smallest absolute Gasteiger partial charge is 0.354 e. The van der Waals surface area contributed by atoms with E-state index in [1.165, 1.54) is 37.9 Å². The van der Waals surface area contributed by atoms with Crippen LogP contribution in [0.5, 0.6) is 0 Å². The van der Waals surface area contributed by atoms with Gasteiger partial charge in [0.1, 0.15) is 0 Å². The molecule has 5 heteroatoms.